The molecule has 3 aromatic rings. The SMILES string of the molecule is CCOC(=O)Cn1c(=NC(=O)Cc2cc(C)ccc2C)sc2cc(Br)ccc21. The predicted octanol–water partition coefficient (Wildman–Crippen LogP) is 4.32. The number of benzene rings is 2. The van der Waals surface area contributed by atoms with Gasteiger partial charge in [0, 0.05) is 4.47 Å². The first kappa shape index (κ1) is 20.5. The molecule has 0 radical (unpaired) electrons. The van der Waals surface area contributed by atoms with Gasteiger partial charge in [-0.15, -0.1) is 0 Å². The van der Waals surface area contributed by atoms with Crippen LogP contribution in [0.15, 0.2) is 45.9 Å². The molecule has 0 atom stereocenters. The lowest BCUT2D eigenvalue weighted by molar-refractivity contribution is -0.143. The second-order valence-electron chi connectivity index (χ2n) is 6.50. The smallest absolute Gasteiger partial charge is 0.326 e. The van der Waals surface area contributed by atoms with Gasteiger partial charge in [-0.2, -0.15) is 4.99 Å². The van der Waals surface area contributed by atoms with Crippen LogP contribution in [0.25, 0.3) is 10.2 Å². The third kappa shape index (κ3) is 4.77. The standard InChI is InChI=1S/C21H21BrN2O3S/c1-4-27-20(26)12-24-17-8-7-16(22)11-18(17)28-21(24)23-19(25)10-15-9-13(2)5-6-14(15)3/h5-9,11H,4,10,12H2,1-3H3. The van der Waals surface area contributed by atoms with Crippen LogP contribution in [0.3, 0.4) is 0 Å². The number of rotatable bonds is 5. The lowest BCUT2D eigenvalue weighted by atomic mass is 10.0. The Hall–Kier alpha value is -2.25. The fourth-order valence-electron chi connectivity index (χ4n) is 2.92. The van der Waals surface area contributed by atoms with E-state index in [4.69, 9.17) is 4.74 Å². The Bertz CT molecular complexity index is 1110. The zero-order valence-electron chi connectivity index (χ0n) is 16.0. The molecular weight excluding hydrogens is 440 g/mol. The number of aromatic nitrogens is 1. The summed E-state index contributed by atoms with van der Waals surface area (Å²) in [7, 11) is 0. The maximum Gasteiger partial charge on any atom is 0.326 e. The van der Waals surface area contributed by atoms with Gasteiger partial charge in [-0.05, 0) is 50.1 Å². The Balaban J connectivity index is 2.01. The highest BCUT2D eigenvalue weighted by Crippen LogP contribution is 2.22. The Morgan fingerprint density at radius 2 is 1.96 bits per heavy atom. The van der Waals surface area contributed by atoms with Crippen molar-refractivity contribution in [1.82, 2.24) is 4.57 Å². The van der Waals surface area contributed by atoms with E-state index in [2.05, 4.69) is 20.9 Å². The molecular formula is C21H21BrN2O3S. The van der Waals surface area contributed by atoms with Gasteiger partial charge < -0.3 is 9.30 Å². The fraction of sp³-hybridized carbons (Fsp3) is 0.286. The summed E-state index contributed by atoms with van der Waals surface area (Å²) in [6.45, 7) is 6.09. The van der Waals surface area contributed by atoms with Gasteiger partial charge in [0.15, 0.2) is 4.80 Å². The molecule has 146 valence electrons. The van der Waals surface area contributed by atoms with Gasteiger partial charge in [-0.25, -0.2) is 0 Å². The van der Waals surface area contributed by atoms with Gasteiger partial charge in [0.25, 0.3) is 5.91 Å². The molecule has 0 saturated heterocycles. The first-order chi connectivity index (χ1) is 13.4. The number of carbonyl (C=O) groups is 2. The molecule has 0 spiro atoms. The fourth-order valence-corrected chi connectivity index (χ4v) is 4.52. The number of aryl methyl sites for hydroxylation is 2. The summed E-state index contributed by atoms with van der Waals surface area (Å²) in [5.41, 5.74) is 3.99. The number of amides is 1. The third-order valence-electron chi connectivity index (χ3n) is 4.30. The van der Waals surface area contributed by atoms with Crippen molar-refractivity contribution in [3.63, 3.8) is 0 Å². The largest absolute Gasteiger partial charge is 0.465 e. The molecule has 1 amide bonds. The summed E-state index contributed by atoms with van der Waals surface area (Å²) in [6, 6.07) is 11.8. The molecule has 0 N–H and O–H groups in total. The van der Waals surface area contributed by atoms with Crippen LogP contribution in [0.2, 0.25) is 0 Å². The van der Waals surface area contributed by atoms with E-state index in [-0.39, 0.29) is 24.8 Å². The van der Waals surface area contributed by atoms with Gasteiger partial charge in [0.05, 0.1) is 23.2 Å². The Labute approximate surface area is 175 Å². The molecule has 0 aliphatic carbocycles. The molecule has 2 aromatic carbocycles. The Morgan fingerprint density at radius 1 is 1.18 bits per heavy atom. The minimum absolute atomic E-state index is 0.0189. The number of fused-ring (bicyclic) bond motifs is 1. The van der Waals surface area contributed by atoms with Gasteiger partial charge >= 0.3 is 5.97 Å². The Morgan fingerprint density at radius 3 is 2.71 bits per heavy atom. The quantitative estimate of drug-likeness (QED) is 0.532. The zero-order chi connectivity index (χ0) is 20.3. The van der Waals surface area contributed by atoms with Gasteiger partial charge in [0.2, 0.25) is 0 Å². The lowest BCUT2D eigenvalue weighted by Gasteiger charge is -2.06. The van der Waals surface area contributed by atoms with E-state index in [0.29, 0.717) is 11.4 Å². The van der Waals surface area contributed by atoms with Crippen molar-refractivity contribution in [2.45, 2.75) is 33.7 Å². The van der Waals surface area contributed by atoms with Gasteiger partial charge in [0.1, 0.15) is 6.54 Å². The van der Waals surface area contributed by atoms with Crippen LogP contribution in [-0.2, 0) is 27.3 Å². The van der Waals surface area contributed by atoms with Crippen molar-refractivity contribution in [2.75, 3.05) is 6.61 Å². The van der Waals surface area contributed by atoms with Crippen molar-refractivity contribution in [3.8, 4) is 0 Å². The average Bonchev–Trinajstić information content (AvgIpc) is 2.94. The van der Waals surface area contributed by atoms with E-state index in [9.17, 15) is 9.59 Å². The van der Waals surface area contributed by atoms with Crippen LogP contribution in [0.4, 0.5) is 0 Å². The second-order valence-corrected chi connectivity index (χ2v) is 8.42. The van der Waals surface area contributed by atoms with Crippen LogP contribution in [0.5, 0.6) is 0 Å². The summed E-state index contributed by atoms with van der Waals surface area (Å²) in [5, 5.41) is 0. The Kier molecular flexibility index (Phi) is 6.46. The minimum Gasteiger partial charge on any atom is -0.465 e. The van der Waals surface area contributed by atoms with Crippen LogP contribution in [0.1, 0.15) is 23.6 Å². The molecule has 7 heteroatoms. The third-order valence-corrected chi connectivity index (χ3v) is 5.84. The molecule has 0 aliphatic heterocycles. The number of hydrogen-bond donors (Lipinski definition) is 0. The van der Waals surface area contributed by atoms with E-state index in [1.54, 1.807) is 11.5 Å². The summed E-state index contributed by atoms with van der Waals surface area (Å²) < 4.78 is 8.69. The maximum absolute atomic E-state index is 12.7. The number of halogens is 1. The highest BCUT2D eigenvalue weighted by Gasteiger charge is 2.13. The number of thiazole rings is 1. The molecule has 0 unspecified atom stereocenters. The molecule has 0 fully saturated rings. The number of nitrogens with zero attached hydrogens (tertiary/aromatic N) is 2. The lowest BCUT2D eigenvalue weighted by Crippen LogP contribution is -2.23. The normalized spacial score (nSPS) is 11.8. The van der Waals surface area contributed by atoms with Crippen molar-refractivity contribution in [3.05, 3.63) is 62.4 Å². The second kappa shape index (κ2) is 8.84. The van der Waals surface area contributed by atoms with Crippen LogP contribution >= 0.6 is 27.3 Å². The monoisotopic (exact) mass is 460 g/mol. The highest BCUT2D eigenvalue weighted by molar-refractivity contribution is 9.10. The average molecular weight is 461 g/mol. The maximum atomic E-state index is 12.7. The number of esters is 1. The molecule has 28 heavy (non-hydrogen) atoms. The molecule has 3 rings (SSSR count). The van der Waals surface area contributed by atoms with E-state index in [1.165, 1.54) is 11.3 Å². The summed E-state index contributed by atoms with van der Waals surface area (Å²) in [4.78, 5) is 29.5. The van der Waals surface area contributed by atoms with Crippen molar-refractivity contribution >= 4 is 49.4 Å². The van der Waals surface area contributed by atoms with E-state index in [0.717, 1.165) is 31.4 Å². The molecule has 0 bridgehead atoms. The summed E-state index contributed by atoms with van der Waals surface area (Å²) in [5.74, 6) is -0.592. The minimum atomic E-state index is -0.353. The summed E-state index contributed by atoms with van der Waals surface area (Å²) >= 11 is 4.84. The highest BCUT2D eigenvalue weighted by atomic mass is 79.9. The van der Waals surface area contributed by atoms with E-state index in [1.807, 2.05) is 50.2 Å². The van der Waals surface area contributed by atoms with Crippen molar-refractivity contribution in [2.24, 2.45) is 4.99 Å². The first-order valence-electron chi connectivity index (χ1n) is 8.95. The molecule has 1 heterocycles. The van der Waals surface area contributed by atoms with Crippen molar-refractivity contribution in [1.29, 1.82) is 0 Å². The van der Waals surface area contributed by atoms with Gasteiger partial charge in [-0.3, -0.25) is 9.59 Å². The van der Waals surface area contributed by atoms with E-state index < -0.39 is 0 Å². The van der Waals surface area contributed by atoms with Crippen LogP contribution in [0, 0.1) is 13.8 Å². The molecule has 1 aromatic heterocycles. The molecule has 5 nitrogen and oxygen atoms in total. The van der Waals surface area contributed by atoms with Gasteiger partial charge in [-0.1, -0.05) is 51.0 Å². The topological polar surface area (TPSA) is 60.7 Å². The number of ether oxygens (including phenoxy) is 1. The number of hydrogen-bond acceptors (Lipinski definition) is 4. The predicted molar refractivity (Wildman–Crippen MR) is 114 cm³/mol. The first-order valence-corrected chi connectivity index (χ1v) is 10.6. The summed E-state index contributed by atoms with van der Waals surface area (Å²) in [6.07, 6.45) is 0.227. The van der Waals surface area contributed by atoms with Crippen LogP contribution in [-0.4, -0.2) is 23.1 Å². The van der Waals surface area contributed by atoms with Crippen molar-refractivity contribution < 1.29 is 14.3 Å². The zero-order valence-corrected chi connectivity index (χ0v) is 18.4. The van der Waals surface area contributed by atoms with E-state index >= 15 is 0 Å². The van der Waals surface area contributed by atoms with Crippen LogP contribution < -0.4 is 4.80 Å². The molecule has 0 saturated carbocycles. The number of carbonyl (C=O) groups excluding carboxylic acids is 2. The molecule has 0 aliphatic rings.